The molecular formula is C21H20F2N4O3. The van der Waals surface area contributed by atoms with Crippen LogP contribution >= 0.6 is 0 Å². The van der Waals surface area contributed by atoms with Crippen molar-refractivity contribution in [2.24, 2.45) is 0 Å². The zero-order valence-electron chi connectivity index (χ0n) is 16.1. The van der Waals surface area contributed by atoms with Crippen LogP contribution in [0.1, 0.15) is 18.9 Å². The Morgan fingerprint density at radius 1 is 1.07 bits per heavy atom. The number of amides is 1. The number of hydrogen-bond acceptors (Lipinski definition) is 4. The minimum atomic E-state index is -0.386. The number of benzene rings is 2. The Bertz CT molecular complexity index is 1090. The van der Waals surface area contributed by atoms with E-state index >= 15 is 0 Å². The summed E-state index contributed by atoms with van der Waals surface area (Å²) in [6, 6.07) is 11.3. The lowest BCUT2D eigenvalue weighted by atomic mass is 10.2. The van der Waals surface area contributed by atoms with Gasteiger partial charge in [-0.15, -0.1) is 5.10 Å². The Morgan fingerprint density at radius 3 is 2.33 bits per heavy atom. The van der Waals surface area contributed by atoms with Crippen LogP contribution in [0.3, 0.4) is 0 Å². The van der Waals surface area contributed by atoms with Gasteiger partial charge >= 0.3 is 5.69 Å². The lowest BCUT2D eigenvalue weighted by Crippen LogP contribution is -2.34. The summed E-state index contributed by atoms with van der Waals surface area (Å²) in [5, 5.41) is 7.06. The van der Waals surface area contributed by atoms with E-state index in [0.717, 1.165) is 12.8 Å². The number of carbonyl (C=O) groups is 1. The summed E-state index contributed by atoms with van der Waals surface area (Å²) in [4.78, 5) is 24.7. The first-order valence-electron chi connectivity index (χ1n) is 9.61. The molecule has 0 radical (unpaired) electrons. The molecule has 9 heteroatoms. The third-order valence-electron chi connectivity index (χ3n) is 4.71. The van der Waals surface area contributed by atoms with Crippen molar-refractivity contribution in [2.45, 2.75) is 25.4 Å². The van der Waals surface area contributed by atoms with Crippen molar-refractivity contribution in [3.63, 3.8) is 0 Å². The van der Waals surface area contributed by atoms with Crippen molar-refractivity contribution in [3.05, 3.63) is 70.6 Å². The van der Waals surface area contributed by atoms with E-state index in [9.17, 15) is 18.4 Å². The van der Waals surface area contributed by atoms with E-state index in [2.05, 4.69) is 10.4 Å². The second-order valence-electron chi connectivity index (χ2n) is 7.03. The quantitative estimate of drug-likeness (QED) is 0.615. The van der Waals surface area contributed by atoms with Crippen molar-refractivity contribution in [3.8, 4) is 17.1 Å². The van der Waals surface area contributed by atoms with Crippen LogP contribution in [0, 0.1) is 11.6 Å². The summed E-state index contributed by atoms with van der Waals surface area (Å²) >= 11 is 0. The molecule has 1 N–H and O–H groups in total. The molecule has 4 rings (SSSR count). The highest BCUT2D eigenvalue weighted by atomic mass is 19.1. The van der Waals surface area contributed by atoms with Crippen LogP contribution in [-0.4, -0.2) is 33.4 Å². The Morgan fingerprint density at radius 2 is 1.70 bits per heavy atom. The highest BCUT2D eigenvalue weighted by molar-refractivity contribution is 5.77. The molecule has 0 aliphatic heterocycles. The normalized spacial score (nSPS) is 13.3. The number of rotatable bonds is 8. The Labute approximate surface area is 170 Å². The zero-order valence-corrected chi connectivity index (χ0v) is 16.1. The van der Waals surface area contributed by atoms with E-state index < -0.39 is 0 Å². The molecule has 0 unspecified atom stereocenters. The number of nitrogens with zero attached hydrogens (tertiary/aromatic N) is 3. The van der Waals surface area contributed by atoms with Gasteiger partial charge < -0.3 is 10.1 Å². The van der Waals surface area contributed by atoms with Crippen LogP contribution in [0.5, 0.6) is 5.75 Å². The molecule has 1 aliphatic rings. The number of nitrogens with one attached hydrogen (secondary N) is 1. The summed E-state index contributed by atoms with van der Waals surface area (Å²) in [5.74, 6) is -0.233. The van der Waals surface area contributed by atoms with Crippen molar-refractivity contribution in [1.82, 2.24) is 19.7 Å². The predicted octanol–water partition coefficient (Wildman–Crippen LogP) is 2.52. The fourth-order valence-corrected chi connectivity index (χ4v) is 3.06. The Balaban J connectivity index is 1.37. The monoisotopic (exact) mass is 414 g/mol. The van der Waals surface area contributed by atoms with Gasteiger partial charge in [-0.1, -0.05) is 0 Å². The molecule has 30 heavy (non-hydrogen) atoms. The first kappa shape index (κ1) is 19.8. The van der Waals surface area contributed by atoms with E-state index in [-0.39, 0.29) is 49.0 Å². The topological polar surface area (TPSA) is 78.2 Å². The summed E-state index contributed by atoms with van der Waals surface area (Å²) in [6.45, 7) is 0.156. The molecule has 1 heterocycles. The second-order valence-corrected chi connectivity index (χ2v) is 7.03. The Hall–Kier alpha value is -3.49. The Kier molecular flexibility index (Phi) is 5.60. The minimum Gasteiger partial charge on any atom is -0.484 e. The average molecular weight is 414 g/mol. The summed E-state index contributed by atoms with van der Waals surface area (Å²) in [6.07, 6.45) is 1.80. The molecule has 1 fully saturated rings. The molecule has 0 saturated heterocycles. The van der Waals surface area contributed by atoms with Gasteiger partial charge in [-0.2, -0.15) is 0 Å². The molecule has 0 bridgehead atoms. The molecule has 3 aromatic rings. The van der Waals surface area contributed by atoms with Crippen molar-refractivity contribution >= 4 is 5.91 Å². The first-order chi connectivity index (χ1) is 14.5. The number of carbonyl (C=O) groups excluding carboxylic acids is 1. The van der Waals surface area contributed by atoms with Gasteiger partial charge in [-0.25, -0.2) is 18.3 Å². The third-order valence-corrected chi connectivity index (χ3v) is 4.71. The van der Waals surface area contributed by atoms with Crippen molar-refractivity contribution in [1.29, 1.82) is 0 Å². The summed E-state index contributed by atoms with van der Waals surface area (Å²) in [7, 11) is 0. The largest absolute Gasteiger partial charge is 0.484 e. The standard InChI is InChI=1S/C21H20F2N4O3/c22-15-3-1-14(2-4-15)20-25-26(21(29)27(20)17-7-8-17)12-11-24-19(28)13-30-18-9-5-16(23)6-10-18/h1-6,9-10,17H,7-8,11-13H2,(H,24,28). The number of aromatic nitrogens is 3. The molecule has 7 nitrogen and oxygen atoms in total. The van der Waals surface area contributed by atoms with Crippen LogP contribution in [0.2, 0.25) is 0 Å². The fraction of sp³-hybridized carbons (Fsp3) is 0.286. The molecule has 1 amide bonds. The molecule has 1 aliphatic carbocycles. The van der Waals surface area contributed by atoms with Crippen molar-refractivity contribution < 1.29 is 18.3 Å². The molecule has 1 aromatic heterocycles. The van der Waals surface area contributed by atoms with Crippen LogP contribution in [0.4, 0.5) is 8.78 Å². The highest BCUT2D eigenvalue weighted by Gasteiger charge is 2.30. The van der Waals surface area contributed by atoms with E-state index in [1.165, 1.54) is 41.1 Å². The minimum absolute atomic E-state index is 0.102. The van der Waals surface area contributed by atoms with E-state index in [0.29, 0.717) is 17.1 Å². The van der Waals surface area contributed by atoms with Gasteiger partial charge in [0.1, 0.15) is 17.4 Å². The van der Waals surface area contributed by atoms with E-state index in [1.807, 2.05) is 0 Å². The maximum absolute atomic E-state index is 13.2. The molecule has 0 spiro atoms. The first-order valence-corrected chi connectivity index (χ1v) is 9.61. The van der Waals surface area contributed by atoms with Gasteiger partial charge in [0, 0.05) is 18.2 Å². The molecule has 0 atom stereocenters. The summed E-state index contributed by atoms with van der Waals surface area (Å²) < 4.78 is 34.3. The number of halogens is 2. The molecule has 1 saturated carbocycles. The zero-order chi connectivity index (χ0) is 21.1. The SMILES string of the molecule is O=C(COc1ccc(F)cc1)NCCn1nc(-c2ccc(F)cc2)n(C2CC2)c1=O. The summed E-state index contributed by atoms with van der Waals surface area (Å²) in [5.41, 5.74) is 0.407. The van der Waals surface area contributed by atoms with Crippen molar-refractivity contribution in [2.75, 3.05) is 13.2 Å². The van der Waals surface area contributed by atoms with E-state index in [4.69, 9.17) is 4.74 Å². The molecule has 2 aromatic carbocycles. The van der Waals surface area contributed by atoms with Gasteiger partial charge in [-0.3, -0.25) is 9.36 Å². The van der Waals surface area contributed by atoms with Gasteiger partial charge in [-0.05, 0) is 61.4 Å². The van der Waals surface area contributed by atoms with E-state index in [1.54, 1.807) is 16.7 Å². The maximum Gasteiger partial charge on any atom is 0.346 e. The third kappa shape index (κ3) is 4.56. The number of hydrogen-bond donors (Lipinski definition) is 1. The second kappa shape index (κ2) is 8.48. The smallest absolute Gasteiger partial charge is 0.346 e. The lowest BCUT2D eigenvalue weighted by Gasteiger charge is -2.07. The molecule has 156 valence electrons. The van der Waals surface area contributed by atoms with Gasteiger partial charge in [0.2, 0.25) is 0 Å². The van der Waals surface area contributed by atoms with Crippen LogP contribution in [-0.2, 0) is 11.3 Å². The van der Waals surface area contributed by atoms with Gasteiger partial charge in [0.15, 0.2) is 12.4 Å². The molecular weight excluding hydrogens is 394 g/mol. The van der Waals surface area contributed by atoms with Crippen LogP contribution < -0.4 is 15.7 Å². The highest BCUT2D eigenvalue weighted by Crippen LogP contribution is 2.36. The lowest BCUT2D eigenvalue weighted by molar-refractivity contribution is -0.123. The van der Waals surface area contributed by atoms with Crippen LogP contribution in [0.15, 0.2) is 53.3 Å². The van der Waals surface area contributed by atoms with Crippen LogP contribution in [0.25, 0.3) is 11.4 Å². The predicted molar refractivity (Wildman–Crippen MR) is 105 cm³/mol. The maximum atomic E-state index is 13.2. The number of ether oxygens (including phenoxy) is 1. The fourth-order valence-electron chi connectivity index (χ4n) is 3.06. The van der Waals surface area contributed by atoms with Gasteiger partial charge in [0.25, 0.3) is 5.91 Å². The van der Waals surface area contributed by atoms with Gasteiger partial charge in [0.05, 0.1) is 6.54 Å². The average Bonchev–Trinajstić information content (AvgIpc) is 3.52.